The van der Waals surface area contributed by atoms with Gasteiger partial charge >= 0.3 is 0 Å². The van der Waals surface area contributed by atoms with Crippen LogP contribution in [0.5, 0.6) is 5.75 Å². The number of carbonyl (C=O) groups excluding carboxylic acids is 2. The maximum atomic E-state index is 13.1. The highest BCUT2D eigenvalue weighted by atomic mass is 35.5. The van der Waals surface area contributed by atoms with Crippen molar-refractivity contribution >= 4 is 34.7 Å². The fourth-order valence-corrected chi connectivity index (χ4v) is 3.29. The van der Waals surface area contributed by atoms with Crippen molar-refractivity contribution in [2.75, 3.05) is 12.0 Å². The van der Waals surface area contributed by atoms with Crippen LogP contribution in [0.1, 0.15) is 22.3 Å². The van der Waals surface area contributed by atoms with E-state index in [1.165, 1.54) is 7.11 Å². The van der Waals surface area contributed by atoms with Gasteiger partial charge in [0, 0.05) is 0 Å². The Morgan fingerprint density at radius 1 is 0.920 bits per heavy atom. The molecule has 0 atom stereocenters. The van der Waals surface area contributed by atoms with Crippen LogP contribution in [0.3, 0.4) is 0 Å². The molecule has 25 heavy (non-hydrogen) atoms. The Morgan fingerprint density at radius 2 is 1.56 bits per heavy atom. The van der Waals surface area contributed by atoms with Gasteiger partial charge in [-0.05, 0) is 49.6 Å². The molecule has 128 valence electrons. The molecule has 0 spiro atoms. The third-order valence-electron chi connectivity index (χ3n) is 4.25. The molecular weight excluding hydrogens is 338 g/mol. The highest BCUT2D eigenvalue weighted by Gasteiger charge is 2.40. The van der Waals surface area contributed by atoms with E-state index in [0.29, 0.717) is 17.0 Å². The Morgan fingerprint density at radius 3 is 2.20 bits per heavy atom. The molecule has 1 aliphatic heterocycles. The highest BCUT2D eigenvalue weighted by molar-refractivity contribution is 6.60. The number of ether oxygens (including phenoxy) is 1. The van der Waals surface area contributed by atoms with E-state index in [-0.39, 0.29) is 10.6 Å². The van der Waals surface area contributed by atoms with E-state index in [1.54, 1.807) is 12.1 Å². The minimum absolute atomic E-state index is 0.0690. The van der Waals surface area contributed by atoms with Crippen LogP contribution in [0.15, 0.2) is 41.4 Å². The summed E-state index contributed by atoms with van der Waals surface area (Å²) in [5.41, 5.74) is 4.18. The average molecular weight is 356 g/mol. The van der Waals surface area contributed by atoms with Crippen LogP contribution in [0.2, 0.25) is 0 Å². The smallest absolute Gasteiger partial charge is 0.277 e. The third kappa shape index (κ3) is 2.83. The zero-order valence-electron chi connectivity index (χ0n) is 14.5. The van der Waals surface area contributed by atoms with E-state index in [0.717, 1.165) is 21.6 Å². The maximum absolute atomic E-state index is 13.1. The molecule has 2 amide bonds. The van der Waals surface area contributed by atoms with Gasteiger partial charge < -0.3 is 4.74 Å². The van der Waals surface area contributed by atoms with Gasteiger partial charge in [0.05, 0.1) is 18.4 Å². The van der Waals surface area contributed by atoms with Gasteiger partial charge in [-0.3, -0.25) is 9.59 Å². The van der Waals surface area contributed by atoms with E-state index in [9.17, 15) is 9.59 Å². The van der Waals surface area contributed by atoms with Crippen molar-refractivity contribution in [3.63, 3.8) is 0 Å². The topological polar surface area (TPSA) is 46.6 Å². The van der Waals surface area contributed by atoms with Crippen LogP contribution in [-0.4, -0.2) is 18.9 Å². The minimum atomic E-state index is -0.537. The second-order valence-electron chi connectivity index (χ2n) is 6.13. The van der Waals surface area contributed by atoms with Crippen LogP contribution < -0.4 is 9.64 Å². The summed E-state index contributed by atoms with van der Waals surface area (Å²) < 4.78 is 5.32. The van der Waals surface area contributed by atoms with Crippen LogP contribution in [-0.2, 0) is 9.59 Å². The first kappa shape index (κ1) is 17.2. The maximum Gasteiger partial charge on any atom is 0.277 e. The predicted molar refractivity (Wildman–Crippen MR) is 98.9 cm³/mol. The molecule has 0 N–H and O–H groups in total. The van der Waals surface area contributed by atoms with Gasteiger partial charge in [0.15, 0.2) is 0 Å². The second-order valence-corrected chi connectivity index (χ2v) is 6.51. The molecule has 0 unspecified atom stereocenters. The number of hydrogen-bond donors (Lipinski definition) is 0. The predicted octanol–water partition coefficient (Wildman–Crippen LogP) is 4.14. The number of rotatable bonds is 3. The first-order valence-electron chi connectivity index (χ1n) is 7.86. The van der Waals surface area contributed by atoms with Crippen molar-refractivity contribution in [2.45, 2.75) is 20.8 Å². The standard InChI is InChI=1S/C20H18ClNO3/c1-11-5-7-14(13(3)9-11)17-18(21)20(24)22(19(17)23)15-10-12(2)6-8-16(15)25-4/h5-10H,1-4H3. The zero-order chi connectivity index (χ0) is 18.3. The van der Waals surface area contributed by atoms with Gasteiger partial charge in [-0.2, -0.15) is 0 Å². The number of nitrogens with zero attached hydrogens (tertiary/aromatic N) is 1. The Balaban J connectivity index is 2.13. The molecule has 5 heteroatoms. The molecular formula is C20H18ClNO3. The van der Waals surface area contributed by atoms with Crippen molar-refractivity contribution in [3.05, 3.63) is 63.7 Å². The molecule has 0 bridgehead atoms. The zero-order valence-corrected chi connectivity index (χ0v) is 15.3. The fourth-order valence-electron chi connectivity index (χ4n) is 3.02. The van der Waals surface area contributed by atoms with E-state index >= 15 is 0 Å². The molecule has 3 rings (SSSR count). The molecule has 2 aromatic carbocycles. The lowest BCUT2D eigenvalue weighted by Gasteiger charge is -2.19. The number of hydrogen-bond acceptors (Lipinski definition) is 3. The lowest BCUT2D eigenvalue weighted by atomic mass is 9.98. The molecule has 0 saturated carbocycles. The van der Waals surface area contributed by atoms with Crippen molar-refractivity contribution in [1.29, 1.82) is 0 Å². The van der Waals surface area contributed by atoms with E-state index < -0.39 is 11.8 Å². The Labute approximate surface area is 151 Å². The van der Waals surface area contributed by atoms with Crippen LogP contribution in [0, 0.1) is 20.8 Å². The molecule has 1 aliphatic rings. The van der Waals surface area contributed by atoms with Crippen LogP contribution >= 0.6 is 11.6 Å². The number of aryl methyl sites for hydroxylation is 3. The largest absolute Gasteiger partial charge is 0.495 e. The summed E-state index contributed by atoms with van der Waals surface area (Å²) in [4.78, 5) is 26.9. The molecule has 0 saturated heterocycles. The minimum Gasteiger partial charge on any atom is -0.495 e. The lowest BCUT2D eigenvalue weighted by molar-refractivity contribution is -0.119. The van der Waals surface area contributed by atoms with Gasteiger partial charge in [-0.25, -0.2) is 4.90 Å². The van der Waals surface area contributed by atoms with Crippen LogP contribution in [0.25, 0.3) is 5.57 Å². The highest BCUT2D eigenvalue weighted by Crippen LogP contribution is 2.39. The van der Waals surface area contributed by atoms with Crippen molar-refractivity contribution < 1.29 is 14.3 Å². The number of imide groups is 1. The summed E-state index contributed by atoms with van der Waals surface area (Å²) in [6, 6.07) is 11.0. The Bertz CT molecular complexity index is 931. The molecule has 0 aliphatic carbocycles. The van der Waals surface area contributed by atoms with E-state index in [2.05, 4.69) is 0 Å². The van der Waals surface area contributed by atoms with Crippen molar-refractivity contribution in [1.82, 2.24) is 0 Å². The lowest BCUT2D eigenvalue weighted by Crippen LogP contribution is -2.31. The summed E-state index contributed by atoms with van der Waals surface area (Å²) in [7, 11) is 1.50. The SMILES string of the molecule is COc1ccc(C)cc1N1C(=O)C(Cl)=C(c2ccc(C)cc2C)C1=O. The van der Waals surface area contributed by atoms with Gasteiger partial charge in [0.2, 0.25) is 0 Å². The first-order chi connectivity index (χ1) is 11.8. The van der Waals surface area contributed by atoms with Crippen molar-refractivity contribution in [2.24, 2.45) is 0 Å². The number of carbonyl (C=O) groups is 2. The molecule has 2 aromatic rings. The number of benzene rings is 2. The monoisotopic (exact) mass is 355 g/mol. The first-order valence-corrected chi connectivity index (χ1v) is 8.23. The van der Waals surface area contributed by atoms with Gasteiger partial charge in [-0.15, -0.1) is 0 Å². The summed E-state index contributed by atoms with van der Waals surface area (Å²) in [6.45, 7) is 5.75. The third-order valence-corrected chi connectivity index (χ3v) is 4.60. The number of anilines is 1. The number of methoxy groups -OCH3 is 1. The van der Waals surface area contributed by atoms with E-state index in [4.69, 9.17) is 16.3 Å². The second kappa shape index (κ2) is 6.37. The van der Waals surface area contributed by atoms with Gasteiger partial charge in [0.25, 0.3) is 11.8 Å². The number of amides is 2. The number of halogens is 1. The van der Waals surface area contributed by atoms with Crippen LogP contribution in [0.4, 0.5) is 5.69 Å². The summed E-state index contributed by atoms with van der Waals surface area (Å²) in [6.07, 6.45) is 0. The van der Waals surface area contributed by atoms with E-state index in [1.807, 2.05) is 45.0 Å². The van der Waals surface area contributed by atoms with Crippen molar-refractivity contribution in [3.8, 4) is 5.75 Å². The molecule has 0 aromatic heterocycles. The fraction of sp³-hybridized carbons (Fsp3) is 0.200. The average Bonchev–Trinajstić information content (AvgIpc) is 2.78. The summed E-state index contributed by atoms with van der Waals surface area (Å²) in [5, 5.41) is -0.0690. The summed E-state index contributed by atoms with van der Waals surface area (Å²) >= 11 is 6.28. The Kier molecular flexibility index (Phi) is 4.39. The normalized spacial score (nSPS) is 14.5. The molecule has 1 heterocycles. The van der Waals surface area contributed by atoms with Gasteiger partial charge in [-0.1, -0.05) is 41.4 Å². The molecule has 0 fully saturated rings. The Hall–Kier alpha value is -2.59. The molecule has 4 nitrogen and oxygen atoms in total. The summed E-state index contributed by atoms with van der Waals surface area (Å²) in [5.74, 6) is -0.532. The van der Waals surface area contributed by atoms with Gasteiger partial charge in [0.1, 0.15) is 10.8 Å². The molecule has 0 radical (unpaired) electrons. The quantitative estimate of drug-likeness (QED) is 0.777.